The Labute approximate surface area is 164 Å². The van der Waals surface area contributed by atoms with Gasteiger partial charge in [0.05, 0.1) is 18.8 Å². The molecule has 0 spiro atoms. The van der Waals surface area contributed by atoms with Crippen LogP contribution in [-0.2, 0) is 9.47 Å². The Morgan fingerprint density at radius 2 is 1.12 bits per heavy atom. The second-order valence-corrected chi connectivity index (χ2v) is 8.52. The summed E-state index contributed by atoms with van der Waals surface area (Å²) in [5, 5.41) is 0. The average molecular weight is 369 g/mol. The highest BCUT2D eigenvalue weighted by atomic mass is 16.5. The van der Waals surface area contributed by atoms with Crippen molar-refractivity contribution in [2.24, 2.45) is 0 Å². The van der Waals surface area contributed by atoms with Crippen LogP contribution in [0, 0.1) is 0 Å². The lowest BCUT2D eigenvalue weighted by Crippen LogP contribution is -2.16. The molecular weight excluding hydrogens is 320 g/mol. The normalized spacial score (nSPS) is 20.1. The van der Waals surface area contributed by atoms with Gasteiger partial charge < -0.3 is 9.47 Å². The first-order valence-electron chi connectivity index (χ1n) is 12.1. The van der Waals surface area contributed by atoms with Crippen molar-refractivity contribution in [2.45, 2.75) is 142 Å². The van der Waals surface area contributed by atoms with Crippen LogP contribution in [0.3, 0.4) is 0 Å². The van der Waals surface area contributed by atoms with Crippen LogP contribution < -0.4 is 0 Å². The Balaban J connectivity index is 1.65. The fourth-order valence-electron chi connectivity index (χ4n) is 3.97. The third kappa shape index (κ3) is 15.0. The van der Waals surface area contributed by atoms with Crippen molar-refractivity contribution in [2.75, 3.05) is 13.2 Å². The summed E-state index contributed by atoms with van der Waals surface area (Å²) in [4.78, 5) is 0. The maximum absolute atomic E-state index is 5.77. The van der Waals surface area contributed by atoms with E-state index in [0.29, 0.717) is 12.2 Å². The molecule has 2 heteroatoms. The third-order valence-corrected chi connectivity index (χ3v) is 5.77. The van der Waals surface area contributed by atoms with Gasteiger partial charge in [-0.3, -0.25) is 0 Å². The van der Waals surface area contributed by atoms with E-state index in [1.165, 1.54) is 116 Å². The first kappa shape index (κ1) is 24.0. The molecular formula is C24H48O2. The molecule has 0 aromatic carbocycles. The molecule has 0 N–H and O–H groups in total. The van der Waals surface area contributed by atoms with Gasteiger partial charge in [-0.2, -0.15) is 0 Å². The predicted molar refractivity (Wildman–Crippen MR) is 114 cm³/mol. The Morgan fingerprint density at radius 1 is 0.654 bits per heavy atom. The molecule has 1 aliphatic rings. The molecule has 1 aliphatic heterocycles. The zero-order valence-electron chi connectivity index (χ0n) is 18.1. The van der Waals surface area contributed by atoms with Crippen LogP contribution in [0.4, 0.5) is 0 Å². The summed E-state index contributed by atoms with van der Waals surface area (Å²) in [6.45, 7) is 6.19. The van der Waals surface area contributed by atoms with Gasteiger partial charge in [-0.05, 0) is 26.2 Å². The fraction of sp³-hybridized carbons (Fsp3) is 1.00. The zero-order chi connectivity index (χ0) is 18.7. The van der Waals surface area contributed by atoms with E-state index in [9.17, 15) is 0 Å². The van der Waals surface area contributed by atoms with Gasteiger partial charge in [0.15, 0.2) is 0 Å². The van der Waals surface area contributed by atoms with Gasteiger partial charge in [-0.1, -0.05) is 103 Å². The van der Waals surface area contributed by atoms with E-state index in [1.54, 1.807) is 0 Å². The molecule has 2 nitrogen and oxygen atoms in total. The Hall–Kier alpha value is -0.0800. The van der Waals surface area contributed by atoms with Crippen molar-refractivity contribution >= 4 is 0 Å². The number of ether oxygens (including phenoxy) is 2. The molecule has 156 valence electrons. The van der Waals surface area contributed by atoms with Crippen LogP contribution in [0.2, 0.25) is 0 Å². The Morgan fingerprint density at radius 3 is 1.54 bits per heavy atom. The van der Waals surface area contributed by atoms with Crippen LogP contribution in [0.15, 0.2) is 0 Å². The molecule has 0 amide bonds. The molecule has 1 rings (SSSR count). The van der Waals surface area contributed by atoms with E-state index >= 15 is 0 Å². The van der Waals surface area contributed by atoms with Crippen LogP contribution in [0.1, 0.15) is 129 Å². The summed E-state index contributed by atoms with van der Waals surface area (Å²) in [6, 6.07) is 0. The lowest BCUT2D eigenvalue weighted by molar-refractivity contribution is -0.00989. The van der Waals surface area contributed by atoms with Gasteiger partial charge >= 0.3 is 0 Å². The smallest absolute Gasteiger partial charge is 0.0813 e. The molecule has 0 bridgehead atoms. The molecule has 0 aliphatic carbocycles. The lowest BCUT2D eigenvalue weighted by atomic mass is 10.0. The topological polar surface area (TPSA) is 18.5 Å². The highest BCUT2D eigenvalue weighted by molar-refractivity contribution is 4.69. The first-order chi connectivity index (χ1) is 12.8. The van der Waals surface area contributed by atoms with Crippen molar-refractivity contribution in [3.63, 3.8) is 0 Å². The highest BCUT2D eigenvalue weighted by Crippen LogP contribution is 2.19. The quantitative estimate of drug-likeness (QED) is 0.216. The molecule has 2 atom stereocenters. The van der Waals surface area contributed by atoms with E-state index in [4.69, 9.17) is 9.47 Å². The Kier molecular flexibility index (Phi) is 16.9. The van der Waals surface area contributed by atoms with Gasteiger partial charge in [0.25, 0.3) is 0 Å². The SMILES string of the molecule is CCCCCCCCCCCCCCCCCCOC[C@H]1CC[C@@H](C)O1. The molecule has 1 heterocycles. The average Bonchev–Trinajstić information content (AvgIpc) is 3.06. The number of hydrogen-bond acceptors (Lipinski definition) is 2. The fourth-order valence-corrected chi connectivity index (χ4v) is 3.97. The summed E-state index contributed by atoms with van der Waals surface area (Å²) >= 11 is 0. The van der Waals surface area contributed by atoms with E-state index in [1.807, 2.05) is 0 Å². The molecule has 0 aromatic rings. The van der Waals surface area contributed by atoms with E-state index in [0.717, 1.165) is 13.2 Å². The molecule has 1 fully saturated rings. The largest absolute Gasteiger partial charge is 0.379 e. The van der Waals surface area contributed by atoms with Gasteiger partial charge in [-0.15, -0.1) is 0 Å². The van der Waals surface area contributed by atoms with E-state index < -0.39 is 0 Å². The third-order valence-electron chi connectivity index (χ3n) is 5.77. The predicted octanol–water partition coefficient (Wildman–Crippen LogP) is 7.83. The number of rotatable bonds is 19. The van der Waals surface area contributed by atoms with Gasteiger partial charge in [-0.25, -0.2) is 0 Å². The second kappa shape index (κ2) is 18.3. The molecule has 0 unspecified atom stereocenters. The molecule has 0 aromatic heterocycles. The van der Waals surface area contributed by atoms with Gasteiger partial charge in [0.2, 0.25) is 0 Å². The van der Waals surface area contributed by atoms with Crippen molar-refractivity contribution in [3.8, 4) is 0 Å². The van der Waals surface area contributed by atoms with E-state index in [-0.39, 0.29) is 0 Å². The van der Waals surface area contributed by atoms with Crippen LogP contribution >= 0.6 is 0 Å². The van der Waals surface area contributed by atoms with Crippen molar-refractivity contribution in [1.82, 2.24) is 0 Å². The summed E-state index contributed by atoms with van der Waals surface area (Å²) < 4.78 is 11.5. The molecule has 0 saturated carbocycles. The second-order valence-electron chi connectivity index (χ2n) is 8.52. The summed E-state index contributed by atoms with van der Waals surface area (Å²) in [5.74, 6) is 0. The van der Waals surface area contributed by atoms with Crippen LogP contribution in [-0.4, -0.2) is 25.4 Å². The first-order valence-corrected chi connectivity index (χ1v) is 12.1. The van der Waals surface area contributed by atoms with Crippen molar-refractivity contribution in [3.05, 3.63) is 0 Å². The minimum Gasteiger partial charge on any atom is -0.379 e. The van der Waals surface area contributed by atoms with Crippen molar-refractivity contribution in [1.29, 1.82) is 0 Å². The minimum atomic E-state index is 0.367. The van der Waals surface area contributed by atoms with Gasteiger partial charge in [0, 0.05) is 6.61 Å². The van der Waals surface area contributed by atoms with Gasteiger partial charge in [0.1, 0.15) is 0 Å². The molecule has 1 saturated heterocycles. The van der Waals surface area contributed by atoms with Crippen LogP contribution in [0.5, 0.6) is 0 Å². The summed E-state index contributed by atoms with van der Waals surface area (Å²) in [7, 11) is 0. The van der Waals surface area contributed by atoms with Crippen molar-refractivity contribution < 1.29 is 9.47 Å². The summed E-state index contributed by atoms with van der Waals surface area (Å²) in [5.41, 5.74) is 0. The zero-order valence-corrected chi connectivity index (χ0v) is 18.1. The monoisotopic (exact) mass is 368 g/mol. The lowest BCUT2D eigenvalue weighted by Gasteiger charge is -2.11. The maximum atomic E-state index is 5.77. The number of hydrogen-bond donors (Lipinski definition) is 0. The summed E-state index contributed by atoms with van der Waals surface area (Å²) in [6.07, 6.45) is 25.9. The minimum absolute atomic E-state index is 0.367. The van der Waals surface area contributed by atoms with Crippen LogP contribution in [0.25, 0.3) is 0 Å². The standard InChI is InChI=1S/C24H48O2/c1-3-4-5-6-7-8-9-10-11-12-13-14-15-16-17-18-21-25-22-24-20-19-23(2)26-24/h23-24H,3-22H2,1-2H3/t23-,24-/m1/s1. The maximum Gasteiger partial charge on any atom is 0.0813 e. The molecule has 0 radical (unpaired) electrons. The number of unbranched alkanes of at least 4 members (excludes halogenated alkanes) is 15. The van der Waals surface area contributed by atoms with E-state index in [2.05, 4.69) is 13.8 Å². The highest BCUT2D eigenvalue weighted by Gasteiger charge is 2.21. The Bertz CT molecular complexity index is 279. The molecule has 26 heavy (non-hydrogen) atoms.